The van der Waals surface area contributed by atoms with Crippen LogP contribution in [0.4, 0.5) is 4.39 Å². The van der Waals surface area contributed by atoms with E-state index in [1.54, 1.807) is 10.9 Å². The van der Waals surface area contributed by atoms with Crippen LogP contribution < -0.4 is 10.1 Å². The molecule has 1 aliphatic rings. The zero-order valence-corrected chi connectivity index (χ0v) is 18.8. The Labute approximate surface area is 192 Å². The van der Waals surface area contributed by atoms with Crippen LogP contribution >= 0.6 is 0 Å². The standard InChI is InChI=1S/C24H28FN5O3/c1-16-21-7-10-30(14-20(31)12-27-24(32)17-5-8-26-23(25)11-17)13-18(21)3-4-22(16)33-15-19-6-9-28-29(19)2/h3-6,8-9,11,20,31H,7,10,12-15H2,1-2H3,(H,27,32)/t20-/m0/s1. The summed E-state index contributed by atoms with van der Waals surface area (Å²) in [7, 11) is 1.89. The lowest BCUT2D eigenvalue weighted by Gasteiger charge is -2.31. The van der Waals surface area contributed by atoms with E-state index in [2.05, 4.69) is 33.3 Å². The van der Waals surface area contributed by atoms with Gasteiger partial charge in [-0.3, -0.25) is 14.4 Å². The predicted molar refractivity (Wildman–Crippen MR) is 120 cm³/mol. The van der Waals surface area contributed by atoms with E-state index in [1.165, 1.54) is 23.4 Å². The number of halogens is 1. The van der Waals surface area contributed by atoms with Crippen LogP contribution in [-0.4, -0.2) is 56.4 Å². The van der Waals surface area contributed by atoms with E-state index in [0.29, 0.717) is 13.2 Å². The van der Waals surface area contributed by atoms with Gasteiger partial charge in [-0.2, -0.15) is 9.49 Å². The number of benzene rings is 1. The van der Waals surface area contributed by atoms with Crippen molar-refractivity contribution in [1.82, 2.24) is 25.0 Å². The molecule has 1 atom stereocenters. The molecule has 2 aromatic heterocycles. The van der Waals surface area contributed by atoms with E-state index in [9.17, 15) is 14.3 Å². The molecule has 174 valence electrons. The molecule has 0 bridgehead atoms. The molecule has 0 fully saturated rings. The molecule has 2 N–H and O–H groups in total. The van der Waals surface area contributed by atoms with Crippen molar-refractivity contribution >= 4 is 5.91 Å². The number of amides is 1. The van der Waals surface area contributed by atoms with Crippen molar-refractivity contribution in [3.05, 3.63) is 76.6 Å². The van der Waals surface area contributed by atoms with E-state index in [0.717, 1.165) is 42.6 Å². The number of β-amino-alcohol motifs (C(OH)–C–C–N with tert-alkyl or cyclic N) is 1. The molecule has 1 aromatic carbocycles. The SMILES string of the molecule is Cc1c(OCc2ccnn2C)ccc2c1CCN(C[C@@H](O)CNC(=O)c1ccnc(F)c1)C2. The number of aliphatic hydroxyl groups is 1. The average Bonchev–Trinajstić information content (AvgIpc) is 3.21. The van der Waals surface area contributed by atoms with Gasteiger partial charge in [0.25, 0.3) is 5.91 Å². The van der Waals surface area contributed by atoms with Crippen molar-refractivity contribution in [2.75, 3.05) is 19.6 Å². The third-order valence-corrected chi connectivity index (χ3v) is 5.97. The maximum Gasteiger partial charge on any atom is 0.251 e. The minimum atomic E-state index is -0.732. The molecule has 4 rings (SSSR count). The molecule has 33 heavy (non-hydrogen) atoms. The minimum Gasteiger partial charge on any atom is -0.487 e. The quantitative estimate of drug-likeness (QED) is 0.507. The number of ether oxygens (including phenoxy) is 1. The first kappa shape index (κ1) is 22.9. The third kappa shape index (κ3) is 5.55. The van der Waals surface area contributed by atoms with Gasteiger partial charge in [0.1, 0.15) is 12.4 Å². The molecule has 0 unspecified atom stereocenters. The number of fused-ring (bicyclic) bond motifs is 1. The van der Waals surface area contributed by atoms with Crippen molar-refractivity contribution in [2.45, 2.75) is 32.6 Å². The Morgan fingerprint density at radius 1 is 1.30 bits per heavy atom. The molecule has 1 aliphatic heterocycles. The molecule has 8 nitrogen and oxygen atoms in total. The highest BCUT2D eigenvalue weighted by Crippen LogP contribution is 2.29. The summed E-state index contributed by atoms with van der Waals surface area (Å²) < 4.78 is 21.0. The molecule has 3 heterocycles. The summed E-state index contributed by atoms with van der Waals surface area (Å²) in [5.74, 6) is -0.275. The van der Waals surface area contributed by atoms with Crippen LogP contribution in [0.15, 0.2) is 42.7 Å². The molecular formula is C24H28FN5O3. The number of carbonyl (C=O) groups excluding carboxylic acids is 1. The lowest BCUT2D eigenvalue weighted by molar-refractivity contribution is 0.0841. The minimum absolute atomic E-state index is 0.0892. The number of hydrogen-bond acceptors (Lipinski definition) is 6. The molecule has 3 aromatic rings. The van der Waals surface area contributed by atoms with Gasteiger partial charge in [-0.15, -0.1) is 0 Å². The Bertz CT molecular complexity index is 1130. The van der Waals surface area contributed by atoms with Crippen molar-refractivity contribution in [3.63, 3.8) is 0 Å². The number of hydrogen-bond donors (Lipinski definition) is 2. The third-order valence-electron chi connectivity index (χ3n) is 5.97. The van der Waals surface area contributed by atoms with Crippen LogP contribution in [0.2, 0.25) is 0 Å². The van der Waals surface area contributed by atoms with Crippen LogP contribution in [0.1, 0.15) is 32.7 Å². The van der Waals surface area contributed by atoms with Crippen molar-refractivity contribution in [2.24, 2.45) is 7.05 Å². The summed E-state index contributed by atoms with van der Waals surface area (Å²) in [5, 5.41) is 17.2. The second-order valence-corrected chi connectivity index (χ2v) is 8.28. The molecule has 0 saturated heterocycles. The number of aliphatic hydroxyl groups excluding tert-OH is 1. The molecule has 9 heteroatoms. The van der Waals surface area contributed by atoms with Gasteiger partial charge in [0.15, 0.2) is 0 Å². The van der Waals surface area contributed by atoms with Crippen molar-refractivity contribution < 1.29 is 19.0 Å². The number of pyridine rings is 1. The highest BCUT2D eigenvalue weighted by Gasteiger charge is 2.22. The van der Waals surface area contributed by atoms with Crippen LogP contribution in [0.5, 0.6) is 5.75 Å². The summed E-state index contributed by atoms with van der Waals surface area (Å²) in [6.07, 6.45) is 3.12. The molecular weight excluding hydrogens is 425 g/mol. The van der Waals surface area contributed by atoms with Crippen LogP contribution in [0.25, 0.3) is 0 Å². The van der Waals surface area contributed by atoms with E-state index < -0.39 is 18.0 Å². The van der Waals surface area contributed by atoms with E-state index in [4.69, 9.17) is 4.74 Å². The lowest BCUT2D eigenvalue weighted by atomic mass is 9.94. The Morgan fingerprint density at radius 2 is 2.15 bits per heavy atom. The normalized spacial score (nSPS) is 14.5. The second-order valence-electron chi connectivity index (χ2n) is 8.28. The number of rotatable bonds is 8. The van der Waals surface area contributed by atoms with Gasteiger partial charge in [0.05, 0.1) is 11.8 Å². The summed E-state index contributed by atoms with van der Waals surface area (Å²) in [6.45, 7) is 4.60. The van der Waals surface area contributed by atoms with Crippen molar-refractivity contribution in [3.8, 4) is 5.75 Å². The van der Waals surface area contributed by atoms with Crippen LogP contribution in [0, 0.1) is 12.9 Å². The Balaban J connectivity index is 1.30. The molecule has 0 spiro atoms. The highest BCUT2D eigenvalue weighted by atomic mass is 19.1. The van der Waals surface area contributed by atoms with Crippen molar-refractivity contribution in [1.29, 1.82) is 0 Å². The van der Waals surface area contributed by atoms with Gasteiger partial charge in [-0.1, -0.05) is 6.07 Å². The van der Waals surface area contributed by atoms with Gasteiger partial charge in [0.2, 0.25) is 5.95 Å². The Kier molecular flexibility index (Phi) is 7.00. The van der Waals surface area contributed by atoms with Gasteiger partial charge < -0.3 is 15.2 Å². The topological polar surface area (TPSA) is 92.5 Å². The Morgan fingerprint density at radius 3 is 2.91 bits per heavy atom. The van der Waals surface area contributed by atoms with Crippen LogP contribution in [-0.2, 0) is 26.6 Å². The molecule has 0 radical (unpaired) electrons. The van der Waals surface area contributed by atoms with Gasteiger partial charge in [-0.25, -0.2) is 4.98 Å². The van der Waals surface area contributed by atoms with Gasteiger partial charge in [-0.05, 0) is 48.2 Å². The summed E-state index contributed by atoms with van der Waals surface area (Å²) >= 11 is 0. The lowest BCUT2D eigenvalue weighted by Crippen LogP contribution is -2.42. The molecule has 0 aliphatic carbocycles. The zero-order chi connectivity index (χ0) is 23.4. The summed E-state index contributed by atoms with van der Waals surface area (Å²) in [4.78, 5) is 17.7. The number of nitrogens with one attached hydrogen (secondary N) is 1. The predicted octanol–water partition coefficient (Wildman–Crippen LogP) is 1.99. The molecule has 1 amide bonds. The fourth-order valence-corrected chi connectivity index (χ4v) is 4.10. The highest BCUT2D eigenvalue weighted by molar-refractivity contribution is 5.94. The number of aromatic nitrogens is 3. The first-order valence-corrected chi connectivity index (χ1v) is 10.9. The van der Waals surface area contributed by atoms with Crippen LogP contribution in [0.3, 0.4) is 0 Å². The summed E-state index contributed by atoms with van der Waals surface area (Å²) in [6, 6.07) is 8.52. The van der Waals surface area contributed by atoms with E-state index in [-0.39, 0.29) is 12.1 Å². The number of aryl methyl sites for hydroxylation is 1. The smallest absolute Gasteiger partial charge is 0.251 e. The zero-order valence-electron chi connectivity index (χ0n) is 18.8. The van der Waals surface area contributed by atoms with E-state index >= 15 is 0 Å². The fraction of sp³-hybridized carbons (Fsp3) is 0.375. The number of nitrogens with zero attached hydrogens (tertiary/aromatic N) is 4. The summed E-state index contributed by atoms with van der Waals surface area (Å²) in [5.41, 5.74) is 4.84. The number of carbonyl (C=O) groups is 1. The maximum absolute atomic E-state index is 13.2. The first-order valence-electron chi connectivity index (χ1n) is 10.9. The largest absolute Gasteiger partial charge is 0.487 e. The van der Waals surface area contributed by atoms with Gasteiger partial charge in [0, 0.05) is 57.3 Å². The molecule has 0 saturated carbocycles. The fourth-order valence-electron chi connectivity index (χ4n) is 4.10. The second kappa shape index (κ2) is 10.1. The first-order chi connectivity index (χ1) is 15.9. The van der Waals surface area contributed by atoms with Gasteiger partial charge >= 0.3 is 0 Å². The van der Waals surface area contributed by atoms with E-state index in [1.807, 2.05) is 19.2 Å². The maximum atomic E-state index is 13.2. The Hall–Kier alpha value is -3.30. The monoisotopic (exact) mass is 453 g/mol. The average molecular weight is 454 g/mol.